The Labute approximate surface area is 263 Å². The van der Waals surface area contributed by atoms with Crippen LogP contribution >= 0.6 is 22.7 Å². The third kappa shape index (κ3) is 4.48. The van der Waals surface area contributed by atoms with E-state index in [4.69, 9.17) is 0 Å². The van der Waals surface area contributed by atoms with Crippen molar-refractivity contribution in [3.05, 3.63) is 146 Å². The molecular weight excluding hydrogens is 624 g/mol. The minimum atomic E-state index is 0.329. The van der Waals surface area contributed by atoms with Gasteiger partial charge in [-0.05, 0) is 0 Å². The normalized spacial score (nSPS) is 11.7. The summed E-state index contributed by atoms with van der Waals surface area (Å²) < 4.78 is 5.80. The Kier molecular flexibility index (Phi) is 5.99. The van der Waals surface area contributed by atoms with Crippen LogP contribution in [0.5, 0.6) is 0 Å². The van der Waals surface area contributed by atoms with Crippen molar-refractivity contribution in [1.82, 2.24) is 0 Å². The maximum absolute atomic E-state index is 2.46. The molecule has 9 rings (SSSR count). The van der Waals surface area contributed by atoms with Gasteiger partial charge < -0.3 is 0 Å². The van der Waals surface area contributed by atoms with Crippen LogP contribution in [-0.2, 0) is 0 Å². The second kappa shape index (κ2) is 10.2. The first-order valence-corrected chi connectivity index (χ1v) is 17.7. The van der Waals surface area contributed by atoms with Gasteiger partial charge in [-0.15, -0.1) is 0 Å². The Morgan fingerprint density at radius 2 is 0.721 bits per heavy atom. The van der Waals surface area contributed by atoms with Crippen molar-refractivity contribution in [2.75, 3.05) is 0 Å². The summed E-state index contributed by atoms with van der Waals surface area (Å²) in [6, 6.07) is 53.8. The first-order chi connectivity index (χ1) is 21.2. The molecule has 202 valence electrons. The van der Waals surface area contributed by atoms with Crippen molar-refractivity contribution in [3.63, 3.8) is 0 Å². The molecule has 0 N–H and O–H groups in total. The van der Waals surface area contributed by atoms with E-state index in [0.29, 0.717) is 14.5 Å². The van der Waals surface area contributed by atoms with Crippen molar-refractivity contribution >= 4 is 76.6 Å². The molecule has 3 aromatic heterocycles. The van der Waals surface area contributed by atoms with Gasteiger partial charge >= 0.3 is 253 Å². The molecule has 0 saturated carbocycles. The molecule has 6 aromatic carbocycles. The number of benzene rings is 6. The molecule has 0 aliphatic carbocycles. The van der Waals surface area contributed by atoms with E-state index in [1.54, 1.807) is 0 Å². The summed E-state index contributed by atoms with van der Waals surface area (Å²) in [4.78, 5) is 2.67. The van der Waals surface area contributed by atoms with Crippen molar-refractivity contribution in [3.8, 4) is 43.1 Å². The fourth-order valence-electron chi connectivity index (χ4n) is 6.04. The van der Waals surface area contributed by atoms with Crippen LogP contribution in [0.2, 0.25) is 0 Å². The SMILES string of the molecule is c1ccc(-c2ccc(-c3cc4cc5c(cc4s3)[se]c3cc4sc(-c6ccc(-c7ccccc7)cc6)cc4cc35)cc2)cc1. The second-order valence-electron chi connectivity index (χ2n) is 11.0. The van der Waals surface area contributed by atoms with Gasteiger partial charge in [-0.3, -0.25) is 0 Å². The van der Waals surface area contributed by atoms with Gasteiger partial charge in [-0.25, -0.2) is 0 Å². The van der Waals surface area contributed by atoms with Crippen LogP contribution in [-0.4, -0.2) is 14.5 Å². The molecule has 0 amide bonds. The molecule has 0 spiro atoms. The predicted molar refractivity (Wildman–Crippen MR) is 191 cm³/mol. The third-order valence-electron chi connectivity index (χ3n) is 8.30. The average molecular weight is 648 g/mol. The summed E-state index contributed by atoms with van der Waals surface area (Å²) in [7, 11) is 0. The molecule has 0 atom stereocenters. The van der Waals surface area contributed by atoms with E-state index in [9.17, 15) is 0 Å². The van der Waals surface area contributed by atoms with Crippen molar-refractivity contribution in [1.29, 1.82) is 0 Å². The topological polar surface area (TPSA) is 0 Å². The van der Waals surface area contributed by atoms with E-state index >= 15 is 0 Å². The Hall–Kier alpha value is -4.24. The fourth-order valence-corrected chi connectivity index (χ4v) is 11.0. The first kappa shape index (κ1) is 25.3. The van der Waals surface area contributed by atoms with Gasteiger partial charge in [0.1, 0.15) is 0 Å². The zero-order valence-electron chi connectivity index (χ0n) is 23.1. The Bertz CT molecular complexity index is 2240. The third-order valence-corrected chi connectivity index (χ3v) is 12.9. The Balaban J connectivity index is 1.07. The molecule has 0 saturated heterocycles. The summed E-state index contributed by atoms with van der Waals surface area (Å²) in [5.41, 5.74) is 7.62. The van der Waals surface area contributed by atoms with Crippen LogP contribution in [0, 0.1) is 0 Å². The Morgan fingerprint density at radius 3 is 1.14 bits per heavy atom. The summed E-state index contributed by atoms with van der Waals surface area (Å²) in [6.45, 7) is 0. The molecular formula is C40H24S2Se. The van der Waals surface area contributed by atoms with Crippen LogP contribution in [0.25, 0.3) is 82.6 Å². The summed E-state index contributed by atoms with van der Waals surface area (Å²) in [5, 5.41) is 5.54. The zero-order valence-corrected chi connectivity index (χ0v) is 26.4. The van der Waals surface area contributed by atoms with Gasteiger partial charge in [0.25, 0.3) is 0 Å². The predicted octanol–water partition coefficient (Wildman–Crippen LogP) is 12.1. The molecule has 0 radical (unpaired) electrons. The van der Waals surface area contributed by atoms with Gasteiger partial charge in [-0.2, -0.15) is 0 Å². The number of hydrogen-bond acceptors (Lipinski definition) is 2. The van der Waals surface area contributed by atoms with E-state index in [0.717, 1.165) is 0 Å². The van der Waals surface area contributed by atoms with Crippen molar-refractivity contribution in [2.24, 2.45) is 0 Å². The summed E-state index contributed by atoms with van der Waals surface area (Å²) >= 11 is 4.15. The van der Waals surface area contributed by atoms with Gasteiger partial charge in [0.15, 0.2) is 0 Å². The molecule has 0 aliphatic rings. The Morgan fingerprint density at radius 1 is 0.349 bits per heavy atom. The summed E-state index contributed by atoms with van der Waals surface area (Å²) in [6.07, 6.45) is 0. The molecule has 0 nitrogen and oxygen atoms in total. The van der Waals surface area contributed by atoms with Crippen LogP contribution in [0.1, 0.15) is 0 Å². The molecule has 43 heavy (non-hydrogen) atoms. The fraction of sp³-hybridized carbons (Fsp3) is 0. The van der Waals surface area contributed by atoms with E-state index in [1.165, 1.54) is 82.6 Å². The van der Waals surface area contributed by atoms with Gasteiger partial charge in [0, 0.05) is 0 Å². The number of thiophene rings is 2. The van der Waals surface area contributed by atoms with E-state index in [2.05, 4.69) is 146 Å². The van der Waals surface area contributed by atoms with Crippen LogP contribution < -0.4 is 0 Å². The molecule has 0 bridgehead atoms. The molecule has 0 fully saturated rings. The maximum atomic E-state index is 2.46. The number of fused-ring (bicyclic) bond motifs is 5. The van der Waals surface area contributed by atoms with Gasteiger partial charge in [-0.1, -0.05) is 12.1 Å². The quantitative estimate of drug-likeness (QED) is 0.167. The van der Waals surface area contributed by atoms with Crippen molar-refractivity contribution < 1.29 is 0 Å². The first-order valence-electron chi connectivity index (χ1n) is 14.4. The monoisotopic (exact) mass is 648 g/mol. The van der Waals surface area contributed by atoms with Gasteiger partial charge in [0.05, 0.1) is 0 Å². The van der Waals surface area contributed by atoms with E-state index in [1.807, 2.05) is 22.7 Å². The molecule has 0 aliphatic heterocycles. The van der Waals surface area contributed by atoms with E-state index < -0.39 is 0 Å². The standard InChI is InChI=1S/C40H24S2Se/c1-3-7-25(8-4-1)27-11-15-29(16-12-27)35-21-31-19-33-34-20-32-22-36(30-17-13-28(14-18-30)26-9-5-2-6-10-26)42-38(32)24-40(34)43-39(33)23-37(31)41-35/h1-24H. The van der Waals surface area contributed by atoms with Crippen molar-refractivity contribution in [2.45, 2.75) is 0 Å². The average Bonchev–Trinajstić information content (AvgIpc) is 3.78. The van der Waals surface area contributed by atoms with Crippen LogP contribution in [0.15, 0.2) is 146 Å². The zero-order chi connectivity index (χ0) is 28.3. The summed E-state index contributed by atoms with van der Waals surface area (Å²) in [5.74, 6) is 0. The van der Waals surface area contributed by atoms with Crippen LogP contribution in [0.4, 0.5) is 0 Å². The molecule has 3 heterocycles. The number of rotatable bonds is 4. The molecule has 0 unspecified atom stereocenters. The van der Waals surface area contributed by atoms with Crippen LogP contribution in [0.3, 0.4) is 0 Å². The molecule has 3 heteroatoms. The van der Waals surface area contributed by atoms with E-state index in [-0.39, 0.29) is 0 Å². The number of hydrogen-bond donors (Lipinski definition) is 0. The van der Waals surface area contributed by atoms with Gasteiger partial charge in [0.2, 0.25) is 0 Å². The second-order valence-corrected chi connectivity index (χ2v) is 15.4. The minimum absolute atomic E-state index is 0.329. The molecule has 9 aromatic rings.